The molecule has 1 aliphatic heterocycles. The summed E-state index contributed by atoms with van der Waals surface area (Å²) in [4.78, 5) is 12.2. The Balaban J connectivity index is 1.64. The maximum absolute atomic E-state index is 12.2. The molecule has 1 unspecified atom stereocenters. The lowest BCUT2D eigenvalue weighted by atomic mass is 10.1. The summed E-state index contributed by atoms with van der Waals surface area (Å²) >= 11 is 0. The summed E-state index contributed by atoms with van der Waals surface area (Å²) in [6, 6.07) is 7.23. The van der Waals surface area contributed by atoms with E-state index in [1.807, 2.05) is 12.1 Å². The molecule has 1 heterocycles. The Morgan fingerprint density at radius 3 is 2.48 bits per heavy atom. The number of nitrogens with one attached hydrogen (secondary N) is 1. The van der Waals surface area contributed by atoms with Crippen molar-refractivity contribution < 1.29 is 14.3 Å². The van der Waals surface area contributed by atoms with Crippen LogP contribution < -0.4 is 10.1 Å². The fourth-order valence-corrected chi connectivity index (χ4v) is 2.92. The van der Waals surface area contributed by atoms with Crippen LogP contribution in [0.2, 0.25) is 0 Å². The first-order chi connectivity index (χ1) is 12.2. The van der Waals surface area contributed by atoms with E-state index in [1.165, 1.54) is 38.5 Å². The molecule has 1 aromatic carbocycles. The fraction of sp³-hybridized carbons (Fsp3) is 0.571. The number of hydrogen-bond donors (Lipinski definition) is 1. The van der Waals surface area contributed by atoms with Crippen molar-refractivity contribution in [2.45, 2.75) is 64.3 Å². The summed E-state index contributed by atoms with van der Waals surface area (Å²) in [6.45, 7) is 7.40. The number of unbranched alkanes of at least 4 members (excludes halogenated alkanes) is 6. The monoisotopic (exact) mass is 345 g/mol. The van der Waals surface area contributed by atoms with Crippen molar-refractivity contribution in [3.63, 3.8) is 0 Å². The highest BCUT2D eigenvalue weighted by atomic mass is 16.5. The van der Waals surface area contributed by atoms with E-state index in [4.69, 9.17) is 9.47 Å². The van der Waals surface area contributed by atoms with Crippen LogP contribution in [0.5, 0.6) is 5.75 Å². The molecule has 0 radical (unpaired) electrons. The average molecular weight is 345 g/mol. The first kappa shape index (κ1) is 19.4. The van der Waals surface area contributed by atoms with Crippen LogP contribution in [0.15, 0.2) is 36.6 Å². The second-order valence-corrected chi connectivity index (χ2v) is 6.62. The van der Waals surface area contributed by atoms with E-state index in [0.717, 1.165) is 25.2 Å². The number of carbonyl (C=O) groups excluding carboxylic acids is 1. The highest BCUT2D eigenvalue weighted by molar-refractivity contribution is 5.94. The summed E-state index contributed by atoms with van der Waals surface area (Å²) in [5.74, 6) is 1.36. The van der Waals surface area contributed by atoms with Crippen LogP contribution in [0.25, 0.3) is 0 Å². The van der Waals surface area contributed by atoms with Crippen molar-refractivity contribution in [2.75, 3.05) is 13.2 Å². The van der Waals surface area contributed by atoms with Crippen molar-refractivity contribution in [3.8, 4) is 5.75 Å². The van der Waals surface area contributed by atoms with E-state index >= 15 is 0 Å². The highest BCUT2D eigenvalue weighted by Gasteiger charge is 2.22. The van der Waals surface area contributed by atoms with Gasteiger partial charge in [0.25, 0.3) is 5.91 Å². The van der Waals surface area contributed by atoms with Crippen LogP contribution in [-0.4, -0.2) is 25.2 Å². The molecule has 25 heavy (non-hydrogen) atoms. The Morgan fingerprint density at radius 1 is 1.16 bits per heavy atom. The molecule has 0 bridgehead atoms. The topological polar surface area (TPSA) is 47.6 Å². The Labute approximate surface area is 151 Å². The van der Waals surface area contributed by atoms with E-state index < -0.39 is 0 Å². The zero-order valence-electron chi connectivity index (χ0n) is 15.4. The zero-order valence-corrected chi connectivity index (χ0v) is 15.4. The Morgan fingerprint density at radius 2 is 1.84 bits per heavy atom. The largest absolute Gasteiger partial charge is 0.496 e. The van der Waals surface area contributed by atoms with Gasteiger partial charge in [0.2, 0.25) is 0 Å². The van der Waals surface area contributed by atoms with Gasteiger partial charge in [0.05, 0.1) is 19.3 Å². The minimum atomic E-state index is -0.102. The van der Waals surface area contributed by atoms with Crippen LogP contribution in [0.3, 0.4) is 0 Å². The summed E-state index contributed by atoms with van der Waals surface area (Å²) in [7, 11) is 0. The predicted molar refractivity (Wildman–Crippen MR) is 101 cm³/mol. The summed E-state index contributed by atoms with van der Waals surface area (Å²) in [6.07, 6.45) is 9.69. The number of amides is 1. The maximum atomic E-state index is 12.2. The van der Waals surface area contributed by atoms with E-state index in [-0.39, 0.29) is 11.9 Å². The van der Waals surface area contributed by atoms with Gasteiger partial charge in [0.1, 0.15) is 11.5 Å². The van der Waals surface area contributed by atoms with Crippen molar-refractivity contribution in [2.24, 2.45) is 0 Å². The van der Waals surface area contributed by atoms with Gasteiger partial charge in [0, 0.05) is 12.0 Å². The molecular formula is C21H31NO3. The SMILES string of the molecule is C=C1OCCC1NC(=O)c1ccc(OCCCCCCCCC)cc1. The van der Waals surface area contributed by atoms with Gasteiger partial charge in [-0.2, -0.15) is 0 Å². The number of benzene rings is 1. The summed E-state index contributed by atoms with van der Waals surface area (Å²) < 4.78 is 11.0. The molecule has 1 amide bonds. The van der Waals surface area contributed by atoms with E-state index in [0.29, 0.717) is 17.9 Å². The molecule has 2 rings (SSSR count). The lowest BCUT2D eigenvalue weighted by Gasteiger charge is -2.12. The number of carbonyl (C=O) groups is 1. The molecule has 1 aromatic rings. The first-order valence-corrected chi connectivity index (χ1v) is 9.56. The number of rotatable bonds is 11. The molecule has 4 heteroatoms. The zero-order chi connectivity index (χ0) is 17.9. The van der Waals surface area contributed by atoms with Crippen LogP contribution in [0, 0.1) is 0 Å². The predicted octanol–water partition coefficient (Wildman–Crippen LogP) is 4.85. The van der Waals surface area contributed by atoms with Crippen LogP contribution in [0.1, 0.15) is 68.6 Å². The lowest BCUT2D eigenvalue weighted by Crippen LogP contribution is -2.33. The average Bonchev–Trinajstić information content (AvgIpc) is 3.02. The number of hydrogen-bond acceptors (Lipinski definition) is 3. The lowest BCUT2D eigenvalue weighted by molar-refractivity contribution is 0.0941. The molecule has 1 atom stereocenters. The second kappa shape index (κ2) is 10.8. The van der Waals surface area contributed by atoms with Crippen molar-refractivity contribution >= 4 is 5.91 Å². The second-order valence-electron chi connectivity index (χ2n) is 6.62. The molecule has 1 fully saturated rings. The van der Waals surface area contributed by atoms with Crippen molar-refractivity contribution in [3.05, 3.63) is 42.2 Å². The van der Waals surface area contributed by atoms with E-state index in [9.17, 15) is 4.79 Å². The normalized spacial score (nSPS) is 16.5. The molecule has 0 aromatic heterocycles. The van der Waals surface area contributed by atoms with Crippen molar-refractivity contribution in [1.82, 2.24) is 5.32 Å². The van der Waals surface area contributed by atoms with Crippen molar-refractivity contribution in [1.29, 1.82) is 0 Å². The quantitative estimate of drug-likeness (QED) is 0.583. The molecule has 1 aliphatic rings. The van der Waals surface area contributed by atoms with Gasteiger partial charge in [-0.15, -0.1) is 0 Å². The van der Waals surface area contributed by atoms with Crippen LogP contribution in [-0.2, 0) is 4.74 Å². The van der Waals surface area contributed by atoms with Gasteiger partial charge >= 0.3 is 0 Å². The molecule has 138 valence electrons. The smallest absolute Gasteiger partial charge is 0.251 e. The molecular weight excluding hydrogens is 314 g/mol. The van der Waals surface area contributed by atoms with Gasteiger partial charge in [-0.05, 0) is 30.7 Å². The highest BCUT2D eigenvalue weighted by Crippen LogP contribution is 2.17. The van der Waals surface area contributed by atoms with E-state index in [1.54, 1.807) is 12.1 Å². The molecule has 0 aliphatic carbocycles. The number of ether oxygens (including phenoxy) is 2. The minimum absolute atomic E-state index is 0.0826. The van der Waals surface area contributed by atoms with Gasteiger partial charge in [-0.1, -0.05) is 52.0 Å². The van der Waals surface area contributed by atoms with Crippen LogP contribution in [0.4, 0.5) is 0 Å². The third-order valence-corrected chi connectivity index (χ3v) is 4.52. The van der Waals surface area contributed by atoms with Crippen LogP contribution >= 0.6 is 0 Å². The molecule has 0 spiro atoms. The Kier molecular flexibility index (Phi) is 8.36. The molecule has 4 nitrogen and oxygen atoms in total. The molecule has 1 saturated heterocycles. The molecule has 1 N–H and O–H groups in total. The fourth-order valence-electron chi connectivity index (χ4n) is 2.92. The summed E-state index contributed by atoms with van der Waals surface area (Å²) in [5.41, 5.74) is 0.628. The minimum Gasteiger partial charge on any atom is -0.496 e. The summed E-state index contributed by atoms with van der Waals surface area (Å²) in [5, 5.41) is 2.94. The Bertz CT molecular complexity index is 539. The third-order valence-electron chi connectivity index (χ3n) is 4.52. The Hall–Kier alpha value is -1.97. The van der Waals surface area contributed by atoms with Gasteiger partial charge < -0.3 is 14.8 Å². The van der Waals surface area contributed by atoms with Gasteiger partial charge in [0.15, 0.2) is 0 Å². The first-order valence-electron chi connectivity index (χ1n) is 9.56. The maximum Gasteiger partial charge on any atom is 0.251 e. The van der Waals surface area contributed by atoms with Gasteiger partial charge in [-0.3, -0.25) is 4.79 Å². The van der Waals surface area contributed by atoms with E-state index in [2.05, 4.69) is 18.8 Å². The standard InChI is InChI=1S/C21H31NO3/c1-3-4-5-6-7-8-9-15-25-19-12-10-18(11-13-19)21(23)22-20-14-16-24-17(20)2/h10-13,20H,2-9,14-16H2,1H3,(H,22,23). The van der Waals surface area contributed by atoms with Gasteiger partial charge in [-0.25, -0.2) is 0 Å². The molecule has 0 saturated carbocycles. The third kappa shape index (κ3) is 6.81.